The molecule has 0 unspecified atom stereocenters. The topological polar surface area (TPSA) is 66.5 Å². The maximum absolute atomic E-state index is 12.9. The largest absolute Gasteiger partial charge is 0.417 e. The predicted molar refractivity (Wildman–Crippen MR) is 96.4 cm³/mol. The van der Waals surface area contributed by atoms with E-state index in [-0.39, 0.29) is 28.9 Å². The number of imide groups is 1. The molecule has 0 atom stereocenters. The lowest BCUT2D eigenvalue weighted by molar-refractivity contribution is -0.137. The van der Waals surface area contributed by atoms with Gasteiger partial charge in [0.05, 0.1) is 21.7 Å². The van der Waals surface area contributed by atoms with Gasteiger partial charge in [-0.05, 0) is 36.4 Å². The molecule has 1 aliphatic heterocycles. The molecule has 28 heavy (non-hydrogen) atoms. The number of anilines is 1. The van der Waals surface area contributed by atoms with Crippen molar-refractivity contribution >= 4 is 35.0 Å². The third kappa shape index (κ3) is 3.50. The smallest absolute Gasteiger partial charge is 0.322 e. The highest BCUT2D eigenvalue weighted by molar-refractivity contribution is 6.31. The van der Waals surface area contributed by atoms with E-state index in [2.05, 4.69) is 11.9 Å². The molecule has 9 heteroatoms. The quantitative estimate of drug-likeness (QED) is 0.602. The molecule has 0 spiro atoms. The Bertz CT molecular complexity index is 1020. The highest BCUT2D eigenvalue weighted by Crippen LogP contribution is 2.36. The van der Waals surface area contributed by atoms with Crippen LogP contribution in [0.25, 0.3) is 0 Å². The average Bonchev–Trinajstić information content (AvgIpc) is 2.87. The second kappa shape index (κ2) is 7.12. The van der Waals surface area contributed by atoms with Crippen molar-refractivity contribution in [2.45, 2.75) is 6.18 Å². The predicted octanol–water partition coefficient (Wildman–Crippen LogP) is 4.39. The van der Waals surface area contributed by atoms with Crippen molar-refractivity contribution < 1.29 is 27.6 Å². The molecule has 0 saturated carbocycles. The second-order valence-corrected chi connectivity index (χ2v) is 6.32. The summed E-state index contributed by atoms with van der Waals surface area (Å²) >= 11 is 5.55. The van der Waals surface area contributed by atoms with Crippen LogP contribution >= 0.6 is 11.6 Å². The van der Waals surface area contributed by atoms with Gasteiger partial charge < -0.3 is 5.32 Å². The Morgan fingerprint density at radius 3 is 2.43 bits per heavy atom. The lowest BCUT2D eigenvalue weighted by Gasteiger charge is -2.12. The van der Waals surface area contributed by atoms with E-state index in [9.17, 15) is 27.6 Å². The van der Waals surface area contributed by atoms with Gasteiger partial charge in [0.25, 0.3) is 17.7 Å². The van der Waals surface area contributed by atoms with Gasteiger partial charge in [-0.1, -0.05) is 17.7 Å². The molecule has 0 radical (unpaired) electrons. The van der Waals surface area contributed by atoms with E-state index in [0.29, 0.717) is 6.07 Å². The first-order valence-corrected chi connectivity index (χ1v) is 8.30. The van der Waals surface area contributed by atoms with Gasteiger partial charge in [0.1, 0.15) is 0 Å². The summed E-state index contributed by atoms with van der Waals surface area (Å²) in [5.41, 5.74) is -0.982. The molecule has 2 aromatic rings. The van der Waals surface area contributed by atoms with E-state index >= 15 is 0 Å². The number of hydrogen-bond donors (Lipinski definition) is 1. The Labute approximate surface area is 162 Å². The summed E-state index contributed by atoms with van der Waals surface area (Å²) < 4.78 is 38.8. The fourth-order valence-corrected chi connectivity index (χ4v) is 2.98. The van der Waals surface area contributed by atoms with Crippen molar-refractivity contribution in [2.75, 3.05) is 11.9 Å². The Morgan fingerprint density at radius 2 is 1.79 bits per heavy atom. The number of nitrogens with one attached hydrogen (secondary N) is 1. The fraction of sp³-hybridized carbons (Fsp3) is 0.105. The van der Waals surface area contributed by atoms with E-state index in [0.717, 1.165) is 11.0 Å². The fourth-order valence-electron chi connectivity index (χ4n) is 2.75. The molecule has 0 bridgehead atoms. The van der Waals surface area contributed by atoms with Crippen LogP contribution in [-0.4, -0.2) is 29.2 Å². The molecule has 0 aliphatic carbocycles. The molecule has 0 fully saturated rings. The Morgan fingerprint density at radius 1 is 1.11 bits per heavy atom. The highest BCUT2D eigenvalue weighted by Gasteiger charge is 2.35. The minimum absolute atomic E-state index is 0.0175. The van der Waals surface area contributed by atoms with Gasteiger partial charge in [-0.25, -0.2) is 0 Å². The van der Waals surface area contributed by atoms with Gasteiger partial charge in [-0.2, -0.15) is 13.2 Å². The molecule has 5 nitrogen and oxygen atoms in total. The molecule has 0 aromatic heterocycles. The van der Waals surface area contributed by atoms with Crippen LogP contribution in [0.1, 0.15) is 36.6 Å². The van der Waals surface area contributed by atoms with E-state index in [1.807, 2.05) is 0 Å². The number of nitrogens with zero attached hydrogens (tertiary/aromatic N) is 1. The van der Waals surface area contributed by atoms with Crippen LogP contribution in [0.5, 0.6) is 0 Å². The molecule has 1 heterocycles. The van der Waals surface area contributed by atoms with Crippen molar-refractivity contribution in [3.05, 3.63) is 76.3 Å². The minimum atomic E-state index is -4.67. The summed E-state index contributed by atoms with van der Waals surface area (Å²) in [6.07, 6.45) is -3.28. The number of carbonyl (C=O) groups is 3. The van der Waals surface area contributed by atoms with Gasteiger partial charge >= 0.3 is 6.18 Å². The van der Waals surface area contributed by atoms with Crippen LogP contribution in [0.3, 0.4) is 0 Å². The van der Waals surface area contributed by atoms with Crippen LogP contribution in [0.4, 0.5) is 18.9 Å². The van der Waals surface area contributed by atoms with Gasteiger partial charge in [-0.3, -0.25) is 19.3 Å². The van der Waals surface area contributed by atoms with Crippen LogP contribution in [0.2, 0.25) is 5.02 Å². The number of carbonyl (C=O) groups excluding carboxylic acids is 3. The monoisotopic (exact) mass is 408 g/mol. The number of benzene rings is 2. The van der Waals surface area contributed by atoms with Gasteiger partial charge in [0.15, 0.2) is 0 Å². The molecule has 1 N–H and O–H groups in total. The first kappa shape index (κ1) is 19.6. The zero-order valence-corrected chi connectivity index (χ0v) is 14.9. The number of fused-ring (bicyclic) bond motifs is 1. The van der Waals surface area contributed by atoms with Crippen molar-refractivity contribution in [2.24, 2.45) is 0 Å². The molecule has 0 saturated heterocycles. The maximum atomic E-state index is 12.9. The molecular weight excluding hydrogens is 397 g/mol. The van der Waals surface area contributed by atoms with Crippen molar-refractivity contribution in [3.8, 4) is 0 Å². The summed E-state index contributed by atoms with van der Waals surface area (Å²) in [6, 6.07) is 6.85. The molecule has 3 amide bonds. The van der Waals surface area contributed by atoms with Gasteiger partial charge in [-0.15, -0.1) is 6.58 Å². The van der Waals surface area contributed by atoms with E-state index < -0.39 is 34.5 Å². The van der Waals surface area contributed by atoms with E-state index in [4.69, 9.17) is 11.6 Å². The normalized spacial score (nSPS) is 13.5. The standard InChI is InChI=1S/C19H12ClF3N2O3/c1-2-7-25-17(27)12-5-3-10(8-13(12)18(25)28)16(26)24-11-4-6-15(20)14(9-11)19(21,22)23/h2-6,8-9H,1,7H2,(H,24,26). The zero-order valence-electron chi connectivity index (χ0n) is 14.1. The zero-order chi connectivity index (χ0) is 20.6. The van der Waals surface area contributed by atoms with Crippen molar-refractivity contribution in [3.63, 3.8) is 0 Å². The molecule has 2 aromatic carbocycles. The number of hydrogen-bond acceptors (Lipinski definition) is 3. The maximum Gasteiger partial charge on any atom is 0.417 e. The average molecular weight is 409 g/mol. The van der Waals surface area contributed by atoms with Crippen molar-refractivity contribution in [1.29, 1.82) is 0 Å². The number of alkyl halides is 3. The lowest BCUT2D eigenvalue weighted by Crippen LogP contribution is -2.29. The summed E-state index contributed by atoms with van der Waals surface area (Å²) in [6.45, 7) is 3.51. The Kier molecular flexibility index (Phi) is 4.99. The summed E-state index contributed by atoms with van der Waals surface area (Å²) in [4.78, 5) is 37.9. The van der Waals surface area contributed by atoms with E-state index in [1.54, 1.807) is 0 Å². The molecule has 144 valence electrons. The van der Waals surface area contributed by atoms with Crippen molar-refractivity contribution in [1.82, 2.24) is 4.90 Å². The minimum Gasteiger partial charge on any atom is -0.322 e. The van der Waals surface area contributed by atoms with Crippen LogP contribution in [0.15, 0.2) is 49.1 Å². The summed E-state index contributed by atoms with van der Waals surface area (Å²) in [5.74, 6) is -1.81. The number of halogens is 4. The van der Waals surface area contributed by atoms with E-state index in [1.165, 1.54) is 30.3 Å². The summed E-state index contributed by atoms with van der Waals surface area (Å²) in [7, 11) is 0. The Hall–Kier alpha value is -3.13. The molecule has 1 aliphatic rings. The lowest BCUT2D eigenvalue weighted by atomic mass is 10.1. The Balaban J connectivity index is 1.87. The van der Waals surface area contributed by atoms with Crippen LogP contribution in [-0.2, 0) is 6.18 Å². The second-order valence-electron chi connectivity index (χ2n) is 5.92. The van der Waals surface area contributed by atoms with Gasteiger partial charge in [0, 0.05) is 17.8 Å². The van der Waals surface area contributed by atoms with Gasteiger partial charge in [0.2, 0.25) is 0 Å². The first-order chi connectivity index (χ1) is 13.1. The molecular formula is C19H12ClF3N2O3. The third-order valence-corrected chi connectivity index (χ3v) is 4.40. The molecule has 3 rings (SSSR count). The number of amides is 3. The summed E-state index contributed by atoms with van der Waals surface area (Å²) in [5, 5.41) is 1.84. The number of rotatable bonds is 4. The SMILES string of the molecule is C=CCN1C(=O)c2ccc(C(=O)Nc3ccc(Cl)c(C(F)(F)F)c3)cc2C1=O. The highest BCUT2D eigenvalue weighted by atomic mass is 35.5. The first-order valence-electron chi connectivity index (χ1n) is 7.92. The third-order valence-electron chi connectivity index (χ3n) is 4.07. The van der Waals surface area contributed by atoms with Crippen LogP contribution in [0, 0.1) is 0 Å². The van der Waals surface area contributed by atoms with Crippen LogP contribution < -0.4 is 5.32 Å².